The third-order valence-electron chi connectivity index (χ3n) is 5.92. The Labute approximate surface area is 181 Å². The van der Waals surface area contributed by atoms with Gasteiger partial charge in [0.05, 0.1) is 13.2 Å². The molecule has 1 aliphatic carbocycles. The van der Waals surface area contributed by atoms with Gasteiger partial charge in [-0.3, -0.25) is 9.88 Å². The molecule has 0 aliphatic heterocycles. The van der Waals surface area contributed by atoms with Crippen molar-refractivity contribution in [1.29, 1.82) is 0 Å². The Morgan fingerprint density at radius 2 is 1.33 bits per heavy atom. The van der Waals surface area contributed by atoms with E-state index in [9.17, 15) is 4.57 Å². The molecule has 2 aromatic carbocycles. The highest BCUT2D eigenvalue weighted by Crippen LogP contribution is 2.71. The van der Waals surface area contributed by atoms with Crippen molar-refractivity contribution in [3.05, 3.63) is 59.7 Å². The van der Waals surface area contributed by atoms with Gasteiger partial charge in [0.15, 0.2) is 5.28 Å². The van der Waals surface area contributed by atoms with Crippen LogP contribution >= 0.6 is 7.60 Å². The van der Waals surface area contributed by atoms with E-state index in [1.165, 1.54) is 0 Å². The third-order valence-corrected chi connectivity index (χ3v) is 8.40. The quantitative estimate of drug-likeness (QED) is 0.289. The average Bonchev–Trinajstić information content (AvgIpc) is 3.06. The molecule has 0 aromatic heterocycles. The van der Waals surface area contributed by atoms with E-state index in [4.69, 9.17) is 9.05 Å². The van der Waals surface area contributed by atoms with Crippen molar-refractivity contribution in [1.82, 2.24) is 5.32 Å². The van der Waals surface area contributed by atoms with Gasteiger partial charge in [-0.25, -0.2) is 0 Å². The fourth-order valence-electron chi connectivity index (χ4n) is 4.09. The maximum absolute atomic E-state index is 14.8. The van der Waals surface area contributed by atoms with Crippen molar-refractivity contribution in [2.75, 3.05) is 13.2 Å². The van der Waals surface area contributed by atoms with Gasteiger partial charge in [-0.05, 0) is 48.4 Å². The summed E-state index contributed by atoms with van der Waals surface area (Å²) in [6, 6.07) is 16.6. The molecule has 0 bridgehead atoms. The molecule has 1 N–H and O–H groups in total. The SMILES string of the molecule is CCCCOP(=O)(OCCCC)C1(NC(C)CC)c2ccccc2-c2ccccc21. The molecule has 1 aliphatic rings. The van der Waals surface area contributed by atoms with E-state index in [0.717, 1.165) is 54.4 Å². The minimum atomic E-state index is -3.60. The lowest BCUT2D eigenvalue weighted by atomic mass is 10.0. The van der Waals surface area contributed by atoms with Gasteiger partial charge in [-0.2, -0.15) is 0 Å². The predicted octanol–water partition coefficient (Wildman–Crippen LogP) is 7.08. The molecule has 0 spiro atoms. The lowest BCUT2D eigenvalue weighted by molar-refractivity contribution is 0.174. The minimum absolute atomic E-state index is 0.141. The van der Waals surface area contributed by atoms with Gasteiger partial charge in [-0.1, -0.05) is 82.1 Å². The molecule has 0 heterocycles. The van der Waals surface area contributed by atoms with Gasteiger partial charge in [0.1, 0.15) is 0 Å². The first kappa shape index (κ1) is 23.2. The topological polar surface area (TPSA) is 47.6 Å². The van der Waals surface area contributed by atoms with E-state index in [1.54, 1.807) is 0 Å². The smallest absolute Gasteiger partial charge is 0.307 e. The van der Waals surface area contributed by atoms with Crippen LogP contribution in [0.1, 0.15) is 70.9 Å². The van der Waals surface area contributed by atoms with E-state index in [1.807, 2.05) is 24.3 Å². The largest absolute Gasteiger partial charge is 0.359 e. The second-order valence-corrected chi connectivity index (χ2v) is 10.3. The van der Waals surface area contributed by atoms with Gasteiger partial charge < -0.3 is 9.05 Å². The van der Waals surface area contributed by atoms with Crippen molar-refractivity contribution in [3.8, 4) is 11.1 Å². The summed E-state index contributed by atoms with van der Waals surface area (Å²) >= 11 is 0. The molecule has 5 heteroatoms. The molecule has 0 saturated heterocycles. The highest BCUT2D eigenvalue weighted by molar-refractivity contribution is 7.55. The minimum Gasteiger partial charge on any atom is -0.307 e. The standard InChI is InChI=1S/C25H36NO3P/c1-5-8-18-28-30(27,29-19-9-6-2)25(26-20(4)7-3)23-16-12-10-14-21(23)22-15-11-13-17-24(22)25/h10-17,20,26H,5-9,18-19H2,1-4H3. The molecule has 30 heavy (non-hydrogen) atoms. The molecule has 1 atom stereocenters. The molecule has 0 saturated carbocycles. The summed E-state index contributed by atoms with van der Waals surface area (Å²) in [4.78, 5) is 0. The molecule has 4 nitrogen and oxygen atoms in total. The predicted molar refractivity (Wildman–Crippen MR) is 125 cm³/mol. The van der Waals surface area contributed by atoms with Crippen LogP contribution in [-0.2, 0) is 18.9 Å². The van der Waals surface area contributed by atoms with Crippen molar-refractivity contribution in [2.45, 2.75) is 71.1 Å². The molecular weight excluding hydrogens is 393 g/mol. The zero-order chi connectivity index (χ0) is 21.6. The number of rotatable bonds is 12. The number of unbranched alkanes of at least 4 members (excludes halogenated alkanes) is 2. The second-order valence-electron chi connectivity index (χ2n) is 8.13. The number of nitrogens with one attached hydrogen (secondary N) is 1. The molecule has 0 amide bonds. The molecule has 2 aromatic rings. The summed E-state index contributed by atoms with van der Waals surface area (Å²) in [7, 11) is -3.60. The van der Waals surface area contributed by atoms with E-state index < -0.39 is 12.9 Å². The van der Waals surface area contributed by atoms with E-state index in [0.29, 0.717) is 13.2 Å². The fourth-order valence-corrected chi connectivity index (χ4v) is 6.65. The highest BCUT2D eigenvalue weighted by atomic mass is 31.2. The Morgan fingerprint density at radius 1 is 0.867 bits per heavy atom. The van der Waals surface area contributed by atoms with Crippen LogP contribution < -0.4 is 5.32 Å². The van der Waals surface area contributed by atoms with E-state index >= 15 is 0 Å². The number of hydrogen-bond acceptors (Lipinski definition) is 4. The van der Waals surface area contributed by atoms with Crippen LogP contribution in [0.25, 0.3) is 11.1 Å². The second kappa shape index (κ2) is 10.2. The van der Waals surface area contributed by atoms with Crippen LogP contribution in [-0.4, -0.2) is 19.3 Å². The number of benzene rings is 2. The Morgan fingerprint density at radius 3 is 1.77 bits per heavy atom. The van der Waals surface area contributed by atoms with Crippen molar-refractivity contribution >= 4 is 7.60 Å². The summed E-state index contributed by atoms with van der Waals surface area (Å²) < 4.78 is 27.2. The Kier molecular flexibility index (Phi) is 7.92. The maximum atomic E-state index is 14.8. The summed E-state index contributed by atoms with van der Waals surface area (Å²) in [5, 5.41) is 2.73. The van der Waals surface area contributed by atoms with Crippen LogP contribution in [0.3, 0.4) is 0 Å². The Bertz CT molecular complexity index is 823. The molecule has 0 radical (unpaired) electrons. The average molecular weight is 430 g/mol. The molecule has 164 valence electrons. The third kappa shape index (κ3) is 4.16. The molecule has 1 unspecified atom stereocenters. The summed E-state index contributed by atoms with van der Waals surface area (Å²) in [6.07, 6.45) is 4.57. The molecular formula is C25H36NO3P. The van der Waals surface area contributed by atoms with Crippen LogP contribution in [0.2, 0.25) is 0 Å². The first-order chi connectivity index (χ1) is 14.5. The summed E-state index contributed by atoms with van der Waals surface area (Å²) in [6.45, 7) is 9.34. The van der Waals surface area contributed by atoms with Gasteiger partial charge in [0.2, 0.25) is 0 Å². The Balaban J connectivity index is 2.23. The first-order valence-electron chi connectivity index (χ1n) is 11.4. The summed E-state index contributed by atoms with van der Waals surface area (Å²) in [5.41, 5.74) is 4.18. The van der Waals surface area contributed by atoms with Crippen LogP contribution in [0.5, 0.6) is 0 Å². The van der Waals surface area contributed by atoms with Gasteiger partial charge in [-0.15, -0.1) is 0 Å². The van der Waals surface area contributed by atoms with Crippen LogP contribution in [0, 0.1) is 0 Å². The highest BCUT2D eigenvalue weighted by Gasteiger charge is 2.59. The lowest BCUT2D eigenvalue weighted by Crippen LogP contribution is -2.47. The number of hydrogen-bond donors (Lipinski definition) is 1. The zero-order valence-electron chi connectivity index (χ0n) is 18.8. The Hall–Kier alpha value is -1.45. The maximum Gasteiger partial charge on any atom is 0.359 e. The van der Waals surface area contributed by atoms with Crippen molar-refractivity contribution < 1.29 is 13.6 Å². The molecule has 3 rings (SSSR count). The van der Waals surface area contributed by atoms with Crippen molar-refractivity contribution in [3.63, 3.8) is 0 Å². The van der Waals surface area contributed by atoms with Gasteiger partial charge >= 0.3 is 7.60 Å². The fraction of sp³-hybridized carbons (Fsp3) is 0.520. The lowest BCUT2D eigenvalue weighted by Gasteiger charge is -2.40. The van der Waals surface area contributed by atoms with E-state index in [-0.39, 0.29) is 6.04 Å². The van der Waals surface area contributed by atoms with Crippen LogP contribution in [0.4, 0.5) is 0 Å². The van der Waals surface area contributed by atoms with Gasteiger partial charge in [0, 0.05) is 6.04 Å². The zero-order valence-corrected chi connectivity index (χ0v) is 19.7. The van der Waals surface area contributed by atoms with Crippen LogP contribution in [0.15, 0.2) is 48.5 Å². The first-order valence-corrected chi connectivity index (χ1v) is 12.9. The normalized spacial score (nSPS) is 15.6. The monoisotopic (exact) mass is 429 g/mol. The van der Waals surface area contributed by atoms with Crippen molar-refractivity contribution in [2.24, 2.45) is 0 Å². The summed E-state index contributed by atoms with van der Waals surface area (Å²) in [5.74, 6) is 0. The molecule has 0 fully saturated rings. The van der Waals surface area contributed by atoms with Gasteiger partial charge in [0.25, 0.3) is 0 Å². The van der Waals surface area contributed by atoms with E-state index in [2.05, 4.69) is 57.3 Å². The number of fused-ring (bicyclic) bond motifs is 3.